The number of nitrogens with one attached hydrogen (secondary N) is 1. The molecule has 2 N–H and O–H groups in total. The number of aliphatic hydroxyl groups is 1. The van der Waals surface area contributed by atoms with E-state index in [1.807, 2.05) is 13.8 Å². The number of carbonyl (C=O) groups is 1. The highest BCUT2D eigenvalue weighted by Gasteiger charge is 2.60. The van der Waals surface area contributed by atoms with Gasteiger partial charge in [0.15, 0.2) is 0 Å². The van der Waals surface area contributed by atoms with Gasteiger partial charge in [0.25, 0.3) is 0 Å². The Kier molecular flexibility index (Phi) is 6.44. The van der Waals surface area contributed by atoms with Crippen LogP contribution >= 0.6 is 0 Å². The van der Waals surface area contributed by atoms with E-state index in [0.717, 1.165) is 36.2 Å². The highest BCUT2D eigenvalue weighted by molar-refractivity contribution is 5.88. The second-order valence-corrected chi connectivity index (χ2v) is 12.5. The number of amides is 1. The van der Waals surface area contributed by atoms with Gasteiger partial charge in [0.1, 0.15) is 0 Å². The average molecular weight is 443 g/mol. The van der Waals surface area contributed by atoms with Crippen LogP contribution in [0.25, 0.3) is 0 Å². The van der Waals surface area contributed by atoms with Gasteiger partial charge in [0, 0.05) is 12.1 Å². The van der Waals surface area contributed by atoms with Crippen LogP contribution < -0.4 is 5.32 Å². The lowest BCUT2D eigenvalue weighted by molar-refractivity contribution is -0.119. The van der Waals surface area contributed by atoms with Crippen LogP contribution in [0.5, 0.6) is 0 Å². The third-order valence-corrected chi connectivity index (χ3v) is 10.4. The normalized spacial score (nSPS) is 44.1. The third kappa shape index (κ3) is 3.90. The molecule has 4 nitrogen and oxygen atoms in total. The Morgan fingerprint density at radius 3 is 2.59 bits per heavy atom. The number of fused-ring (bicyclic) bond motifs is 5. The Hall–Kier alpha value is -1.13. The zero-order chi connectivity index (χ0) is 23.4. The van der Waals surface area contributed by atoms with Crippen LogP contribution in [0.2, 0.25) is 0 Å². The first-order valence-corrected chi connectivity index (χ1v) is 13.0. The van der Waals surface area contributed by atoms with E-state index in [-0.39, 0.29) is 17.4 Å². The number of nitrogens with zero attached hydrogens (tertiary/aromatic N) is 1. The van der Waals surface area contributed by atoms with Gasteiger partial charge in [-0.25, -0.2) is 0 Å². The summed E-state index contributed by atoms with van der Waals surface area (Å²) < 4.78 is 0. The molecule has 0 unspecified atom stereocenters. The largest absolute Gasteiger partial charge is 0.391 e. The van der Waals surface area contributed by atoms with Crippen molar-refractivity contribution in [2.24, 2.45) is 34.5 Å². The molecule has 0 aromatic rings. The minimum atomic E-state index is -0.469. The van der Waals surface area contributed by atoms with E-state index < -0.39 is 6.10 Å². The van der Waals surface area contributed by atoms with Crippen molar-refractivity contribution in [3.63, 3.8) is 0 Å². The van der Waals surface area contributed by atoms with Gasteiger partial charge in [-0.3, -0.25) is 4.79 Å². The van der Waals surface area contributed by atoms with E-state index in [1.165, 1.54) is 37.7 Å². The molecule has 3 saturated carbocycles. The van der Waals surface area contributed by atoms with Crippen molar-refractivity contribution >= 4 is 5.91 Å². The fourth-order valence-electron chi connectivity index (χ4n) is 8.53. The first kappa shape index (κ1) is 24.0. The lowest BCUT2D eigenvalue weighted by atomic mass is 9.47. The smallest absolute Gasteiger partial charge is 0.244 e. The van der Waals surface area contributed by atoms with Gasteiger partial charge >= 0.3 is 0 Å². The van der Waals surface area contributed by atoms with E-state index in [1.54, 1.807) is 6.08 Å². The summed E-state index contributed by atoms with van der Waals surface area (Å²) in [7, 11) is 4.47. The topological polar surface area (TPSA) is 52.6 Å². The van der Waals surface area contributed by atoms with Crippen LogP contribution in [0.4, 0.5) is 0 Å². The van der Waals surface area contributed by atoms with Crippen molar-refractivity contribution in [2.75, 3.05) is 14.1 Å². The van der Waals surface area contributed by atoms with Crippen molar-refractivity contribution in [2.45, 2.75) is 97.8 Å². The summed E-state index contributed by atoms with van der Waals surface area (Å²) in [5.74, 6) is 2.92. The molecule has 0 aromatic heterocycles. The van der Waals surface area contributed by atoms with Gasteiger partial charge in [-0.15, -0.1) is 0 Å². The zero-order valence-electron chi connectivity index (χ0n) is 21.4. The molecule has 0 spiro atoms. The van der Waals surface area contributed by atoms with Crippen LogP contribution in [0.1, 0.15) is 79.6 Å². The molecule has 4 heteroatoms. The van der Waals surface area contributed by atoms with Crippen molar-refractivity contribution < 1.29 is 9.90 Å². The molecule has 4 aliphatic rings. The van der Waals surface area contributed by atoms with Crippen LogP contribution in [0, 0.1) is 34.5 Å². The molecule has 4 aliphatic carbocycles. The molecular weight excluding hydrogens is 396 g/mol. The Labute approximate surface area is 195 Å². The molecule has 0 radical (unpaired) electrons. The number of hydrogen-bond donors (Lipinski definition) is 2. The summed E-state index contributed by atoms with van der Waals surface area (Å²) in [4.78, 5) is 14.7. The fraction of sp³-hybridized carbons (Fsp3) is 0.821. The molecule has 0 saturated heterocycles. The highest BCUT2D eigenvalue weighted by atomic mass is 16.3. The first-order chi connectivity index (χ1) is 15.0. The highest BCUT2D eigenvalue weighted by Crippen LogP contribution is 2.66. The molecule has 32 heavy (non-hydrogen) atoms. The van der Waals surface area contributed by atoms with Crippen molar-refractivity contribution in [1.82, 2.24) is 10.2 Å². The van der Waals surface area contributed by atoms with Gasteiger partial charge in [0.2, 0.25) is 5.91 Å². The van der Waals surface area contributed by atoms with Gasteiger partial charge in [-0.2, -0.15) is 0 Å². The number of hydrogen-bond acceptors (Lipinski definition) is 3. The SMILES string of the molecule is CC(C)=CC(=O)N[C@@H]1CC2=CC[C@H]3[C@@H]4CC[C@H]([C@H](C)N(C)C)[C@@]4(C)CC[C@@H]3[C@@]2(C)C[C@@H]1O. The van der Waals surface area contributed by atoms with Crippen LogP contribution in [0.3, 0.4) is 0 Å². The van der Waals surface area contributed by atoms with E-state index in [4.69, 9.17) is 0 Å². The number of allylic oxidation sites excluding steroid dienone is 2. The van der Waals surface area contributed by atoms with Gasteiger partial charge < -0.3 is 15.3 Å². The van der Waals surface area contributed by atoms with Crippen molar-refractivity contribution in [3.8, 4) is 0 Å². The average Bonchev–Trinajstić information content (AvgIpc) is 3.04. The molecular formula is C28H46N2O2. The van der Waals surface area contributed by atoms with Crippen LogP contribution in [-0.4, -0.2) is 48.2 Å². The van der Waals surface area contributed by atoms with E-state index in [9.17, 15) is 9.90 Å². The Morgan fingerprint density at radius 2 is 1.94 bits per heavy atom. The standard InChI is InChI=1S/C28H46N2O2/c1-17(2)14-26(32)29-24-15-19-8-9-20-22-11-10-21(18(3)30(6)7)27(22,4)13-12-23(20)28(19,5)16-25(24)31/h8,14,18,20-25,31H,9-13,15-16H2,1-7H3,(H,29,32)/t18-,20-,21+,22-,23-,24+,25-,27+,28-/m0/s1. The monoisotopic (exact) mass is 442 g/mol. The number of aliphatic hydroxyl groups excluding tert-OH is 1. The quantitative estimate of drug-likeness (QED) is 0.479. The zero-order valence-corrected chi connectivity index (χ0v) is 21.4. The van der Waals surface area contributed by atoms with Gasteiger partial charge in [-0.05, 0) is 114 Å². The maximum absolute atomic E-state index is 12.3. The maximum Gasteiger partial charge on any atom is 0.244 e. The van der Waals surface area contributed by atoms with Crippen molar-refractivity contribution in [1.29, 1.82) is 0 Å². The second kappa shape index (κ2) is 8.58. The summed E-state index contributed by atoms with van der Waals surface area (Å²) in [6.45, 7) is 11.3. The minimum Gasteiger partial charge on any atom is -0.391 e. The third-order valence-electron chi connectivity index (χ3n) is 10.4. The summed E-state index contributed by atoms with van der Waals surface area (Å²) in [5.41, 5.74) is 3.00. The molecule has 0 bridgehead atoms. The number of carbonyl (C=O) groups excluding carboxylic acids is 1. The molecule has 0 heterocycles. The Balaban J connectivity index is 1.54. The van der Waals surface area contributed by atoms with E-state index in [0.29, 0.717) is 17.4 Å². The molecule has 0 aromatic carbocycles. The van der Waals surface area contributed by atoms with Gasteiger partial charge in [-0.1, -0.05) is 31.1 Å². The van der Waals surface area contributed by atoms with Crippen LogP contribution in [0.15, 0.2) is 23.3 Å². The summed E-state index contributed by atoms with van der Waals surface area (Å²) in [6, 6.07) is 0.466. The molecule has 180 valence electrons. The van der Waals surface area contributed by atoms with Crippen LogP contribution in [-0.2, 0) is 4.79 Å². The summed E-state index contributed by atoms with van der Waals surface area (Å²) in [5, 5.41) is 14.2. The molecule has 0 aliphatic heterocycles. The van der Waals surface area contributed by atoms with Gasteiger partial charge in [0.05, 0.1) is 12.1 Å². The van der Waals surface area contributed by atoms with E-state index >= 15 is 0 Å². The molecule has 9 atom stereocenters. The Bertz CT molecular complexity index is 797. The van der Waals surface area contributed by atoms with Crippen molar-refractivity contribution in [3.05, 3.63) is 23.3 Å². The Morgan fingerprint density at radius 1 is 1.22 bits per heavy atom. The second-order valence-electron chi connectivity index (χ2n) is 12.5. The lowest BCUT2D eigenvalue weighted by Crippen LogP contribution is -2.56. The molecule has 1 amide bonds. The maximum atomic E-state index is 12.3. The summed E-state index contributed by atoms with van der Waals surface area (Å²) >= 11 is 0. The lowest BCUT2D eigenvalue weighted by Gasteiger charge is -2.59. The first-order valence-electron chi connectivity index (χ1n) is 13.0. The van der Waals surface area contributed by atoms with E-state index in [2.05, 4.69) is 51.2 Å². The molecule has 3 fully saturated rings. The predicted octanol–water partition coefficient (Wildman–Crippen LogP) is 4.94. The minimum absolute atomic E-state index is 0.0760. The molecule has 4 rings (SSSR count). The predicted molar refractivity (Wildman–Crippen MR) is 131 cm³/mol. The summed E-state index contributed by atoms with van der Waals surface area (Å²) in [6.07, 6.45) is 11.8. The number of rotatable bonds is 4. The fourth-order valence-corrected chi connectivity index (χ4v) is 8.53.